The molecule has 1 aromatic heterocycles. The van der Waals surface area contributed by atoms with E-state index in [1.54, 1.807) is 17.0 Å². The van der Waals surface area contributed by atoms with Crippen LogP contribution in [0.1, 0.15) is 17.0 Å². The minimum Gasteiger partial charge on any atom is -0.192 e. The van der Waals surface area contributed by atoms with E-state index in [2.05, 4.69) is 15.3 Å². The van der Waals surface area contributed by atoms with Crippen LogP contribution < -0.4 is 0 Å². The molecule has 2 aromatic carbocycles. The van der Waals surface area contributed by atoms with Crippen LogP contribution in [-0.2, 0) is 5.75 Å². The van der Waals surface area contributed by atoms with E-state index in [0.717, 1.165) is 11.1 Å². The Morgan fingerprint density at radius 2 is 1.76 bits per heavy atom. The third-order valence-corrected chi connectivity index (χ3v) is 5.14. The zero-order valence-corrected chi connectivity index (χ0v) is 16.2. The van der Waals surface area contributed by atoms with Gasteiger partial charge in [0.25, 0.3) is 0 Å². The zero-order chi connectivity index (χ0) is 17.8. The summed E-state index contributed by atoms with van der Waals surface area (Å²) in [5.74, 6) is 1.35. The maximum absolute atomic E-state index is 6.21. The number of aryl methyl sites for hydroxylation is 1. The van der Waals surface area contributed by atoms with Crippen molar-refractivity contribution < 1.29 is 0 Å². The molecule has 0 fully saturated rings. The van der Waals surface area contributed by atoms with Crippen molar-refractivity contribution in [3.05, 3.63) is 74.5 Å². The number of halogens is 3. The van der Waals surface area contributed by atoms with Crippen molar-refractivity contribution in [2.24, 2.45) is 5.10 Å². The van der Waals surface area contributed by atoms with Crippen molar-refractivity contribution in [3.63, 3.8) is 0 Å². The average molecular weight is 412 g/mol. The first-order valence-electron chi connectivity index (χ1n) is 7.31. The van der Waals surface area contributed by atoms with Gasteiger partial charge in [0.1, 0.15) is 0 Å². The van der Waals surface area contributed by atoms with Gasteiger partial charge in [0.05, 0.1) is 6.21 Å². The average Bonchev–Trinajstić information content (AvgIpc) is 2.94. The monoisotopic (exact) mass is 410 g/mol. The van der Waals surface area contributed by atoms with Crippen LogP contribution in [0.2, 0.25) is 15.1 Å². The van der Waals surface area contributed by atoms with Crippen LogP contribution in [0.15, 0.2) is 52.7 Å². The molecule has 128 valence electrons. The number of aromatic nitrogens is 3. The van der Waals surface area contributed by atoms with Gasteiger partial charge >= 0.3 is 0 Å². The van der Waals surface area contributed by atoms with Gasteiger partial charge in [-0.25, -0.2) is 0 Å². The van der Waals surface area contributed by atoms with Crippen LogP contribution in [0.3, 0.4) is 0 Å². The molecular formula is C17H13Cl3N4S. The highest BCUT2D eigenvalue weighted by Crippen LogP contribution is 2.28. The predicted molar refractivity (Wildman–Crippen MR) is 105 cm³/mol. The molecule has 0 N–H and O–H groups in total. The van der Waals surface area contributed by atoms with Crippen LogP contribution >= 0.6 is 46.6 Å². The Labute approximate surface area is 164 Å². The molecule has 0 amide bonds. The molecule has 0 aliphatic rings. The van der Waals surface area contributed by atoms with E-state index in [1.165, 1.54) is 11.8 Å². The first kappa shape index (κ1) is 18.3. The van der Waals surface area contributed by atoms with Gasteiger partial charge in [-0.3, -0.25) is 0 Å². The Morgan fingerprint density at radius 1 is 1.04 bits per heavy atom. The molecule has 0 radical (unpaired) electrons. The predicted octanol–water partition coefficient (Wildman–Crippen LogP) is 5.72. The zero-order valence-electron chi connectivity index (χ0n) is 13.2. The van der Waals surface area contributed by atoms with E-state index < -0.39 is 0 Å². The lowest BCUT2D eigenvalue weighted by Crippen LogP contribution is -1.96. The fraction of sp³-hybridized carbons (Fsp3) is 0.118. The second-order valence-electron chi connectivity index (χ2n) is 5.16. The molecule has 0 saturated heterocycles. The smallest absolute Gasteiger partial charge is 0.192 e. The lowest BCUT2D eigenvalue weighted by Gasteiger charge is -2.05. The number of hydrogen-bond acceptors (Lipinski definition) is 4. The van der Waals surface area contributed by atoms with Crippen molar-refractivity contribution >= 4 is 52.8 Å². The molecular weight excluding hydrogens is 399 g/mol. The Kier molecular flexibility index (Phi) is 6.02. The number of thioether (sulfide) groups is 1. The maximum Gasteiger partial charge on any atom is 0.212 e. The fourth-order valence-electron chi connectivity index (χ4n) is 2.02. The van der Waals surface area contributed by atoms with Gasteiger partial charge in [-0.05, 0) is 42.3 Å². The van der Waals surface area contributed by atoms with Gasteiger partial charge in [-0.2, -0.15) is 9.78 Å². The molecule has 8 heteroatoms. The van der Waals surface area contributed by atoms with Gasteiger partial charge in [-0.15, -0.1) is 10.2 Å². The molecule has 0 unspecified atom stereocenters. The van der Waals surface area contributed by atoms with Gasteiger partial charge in [0, 0.05) is 20.8 Å². The van der Waals surface area contributed by atoms with Gasteiger partial charge in [-0.1, -0.05) is 64.8 Å². The minimum atomic E-state index is 0.616. The Hall–Kier alpha value is -1.53. The van der Waals surface area contributed by atoms with E-state index in [-0.39, 0.29) is 0 Å². The highest BCUT2D eigenvalue weighted by atomic mass is 35.5. The molecule has 0 bridgehead atoms. The first-order valence-corrected chi connectivity index (χ1v) is 9.43. The summed E-state index contributed by atoms with van der Waals surface area (Å²) in [7, 11) is 0. The Balaban J connectivity index is 1.76. The number of rotatable bonds is 5. The third kappa shape index (κ3) is 4.76. The van der Waals surface area contributed by atoms with Gasteiger partial charge in [0.2, 0.25) is 5.16 Å². The molecule has 1 heterocycles. The summed E-state index contributed by atoms with van der Waals surface area (Å²) >= 11 is 19.5. The van der Waals surface area contributed by atoms with Gasteiger partial charge in [0.15, 0.2) is 5.82 Å². The van der Waals surface area contributed by atoms with E-state index in [1.807, 2.05) is 43.3 Å². The normalized spacial score (nSPS) is 11.4. The van der Waals surface area contributed by atoms with Crippen LogP contribution in [0.25, 0.3) is 0 Å². The Morgan fingerprint density at radius 3 is 2.48 bits per heavy atom. The SMILES string of the molecule is Cc1nnc(SCc2ccc(Cl)cc2Cl)n1/N=C/c1ccc(Cl)cc1. The summed E-state index contributed by atoms with van der Waals surface area (Å²) in [4.78, 5) is 0. The van der Waals surface area contributed by atoms with Crippen molar-refractivity contribution in [3.8, 4) is 0 Å². The molecule has 0 saturated carbocycles. The summed E-state index contributed by atoms with van der Waals surface area (Å²) in [5, 5.41) is 15.4. The summed E-state index contributed by atoms with van der Waals surface area (Å²) in [5.41, 5.74) is 1.92. The van der Waals surface area contributed by atoms with Crippen molar-refractivity contribution in [1.29, 1.82) is 0 Å². The highest BCUT2D eigenvalue weighted by Gasteiger charge is 2.10. The molecule has 0 spiro atoms. The fourth-order valence-corrected chi connectivity index (χ4v) is 3.63. The summed E-state index contributed by atoms with van der Waals surface area (Å²) in [6.07, 6.45) is 1.74. The van der Waals surface area contributed by atoms with Crippen LogP contribution in [0.4, 0.5) is 0 Å². The maximum atomic E-state index is 6.21. The molecule has 4 nitrogen and oxygen atoms in total. The lowest BCUT2D eigenvalue weighted by molar-refractivity contribution is 0.744. The third-order valence-electron chi connectivity index (χ3n) is 3.33. The molecule has 25 heavy (non-hydrogen) atoms. The summed E-state index contributed by atoms with van der Waals surface area (Å²) in [6.45, 7) is 1.85. The molecule has 0 aliphatic heterocycles. The summed E-state index contributed by atoms with van der Waals surface area (Å²) in [6, 6.07) is 12.9. The van der Waals surface area contributed by atoms with E-state index >= 15 is 0 Å². The molecule has 3 rings (SSSR count). The number of benzene rings is 2. The van der Waals surface area contributed by atoms with E-state index in [0.29, 0.717) is 31.8 Å². The van der Waals surface area contributed by atoms with E-state index in [4.69, 9.17) is 34.8 Å². The molecule has 0 aliphatic carbocycles. The molecule has 0 atom stereocenters. The lowest BCUT2D eigenvalue weighted by atomic mass is 10.2. The van der Waals surface area contributed by atoms with Crippen molar-refractivity contribution in [2.45, 2.75) is 17.8 Å². The number of hydrogen-bond donors (Lipinski definition) is 0. The largest absolute Gasteiger partial charge is 0.212 e. The standard InChI is InChI=1S/C17H13Cl3N4S/c1-11-22-23-17(25-10-13-4-7-15(19)8-16(13)20)24(11)21-9-12-2-5-14(18)6-3-12/h2-9H,10H2,1H3/b21-9+. The quantitative estimate of drug-likeness (QED) is 0.398. The molecule has 3 aromatic rings. The second kappa shape index (κ2) is 8.23. The topological polar surface area (TPSA) is 43.1 Å². The van der Waals surface area contributed by atoms with E-state index in [9.17, 15) is 0 Å². The Bertz CT molecular complexity index is 907. The van der Waals surface area contributed by atoms with Crippen molar-refractivity contribution in [1.82, 2.24) is 14.9 Å². The van der Waals surface area contributed by atoms with Crippen LogP contribution in [0, 0.1) is 6.92 Å². The van der Waals surface area contributed by atoms with Gasteiger partial charge < -0.3 is 0 Å². The second-order valence-corrected chi connectivity index (χ2v) is 7.38. The van der Waals surface area contributed by atoms with Crippen molar-refractivity contribution in [2.75, 3.05) is 0 Å². The van der Waals surface area contributed by atoms with Crippen LogP contribution in [0.5, 0.6) is 0 Å². The summed E-state index contributed by atoms with van der Waals surface area (Å²) < 4.78 is 1.70. The van der Waals surface area contributed by atoms with Crippen LogP contribution in [-0.4, -0.2) is 21.1 Å². The first-order chi connectivity index (χ1) is 12.0. The number of nitrogens with zero attached hydrogens (tertiary/aromatic N) is 4. The minimum absolute atomic E-state index is 0.616. The highest BCUT2D eigenvalue weighted by molar-refractivity contribution is 7.98.